The molecule has 0 bridgehead atoms. The molecular formula is C17H16OS. The third kappa shape index (κ3) is 2.49. The van der Waals surface area contributed by atoms with E-state index in [1.807, 2.05) is 0 Å². The third-order valence-corrected chi connectivity index (χ3v) is 3.90. The monoisotopic (exact) mass is 268 g/mol. The van der Waals surface area contributed by atoms with Gasteiger partial charge >= 0.3 is 0 Å². The van der Waals surface area contributed by atoms with Crippen LogP contribution in [0.5, 0.6) is 5.75 Å². The number of benzene rings is 2. The maximum absolute atomic E-state index is 5.98. The molecule has 1 aromatic heterocycles. The van der Waals surface area contributed by atoms with Gasteiger partial charge in [-0.3, -0.25) is 0 Å². The number of ether oxygens (including phenoxy) is 1. The topological polar surface area (TPSA) is 9.23 Å². The van der Waals surface area contributed by atoms with Gasteiger partial charge in [-0.25, -0.2) is 0 Å². The van der Waals surface area contributed by atoms with Crippen molar-refractivity contribution in [3.8, 4) is 16.2 Å². The van der Waals surface area contributed by atoms with Crippen molar-refractivity contribution in [3.63, 3.8) is 0 Å². The molecule has 3 aromatic rings. The summed E-state index contributed by atoms with van der Waals surface area (Å²) >= 11 is 1.75. The van der Waals surface area contributed by atoms with E-state index in [-0.39, 0.29) is 6.10 Å². The lowest BCUT2D eigenvalue weighted by Gasteiger charge is -2.15. The normalized spacial score (nSPS) is 11.1. The molecule has 0 spiro atoms. The lowest BCUT2D eigenvalue weighted by Crippen LogP contribution is -2.06. The minimum Gasteiger partial charge on any atom is -0.490 e. The number of hydrogen-bond acceptors (Lipinski definition) is 2. The van der Waals surface area contributed by atoms with Crippen LogP contribution in [0.1, 0.15) is 13.8 Å². The molecule has 0 fully saturated rings. The van der Waals surface area contributed by atoms with Gasteiger partial charge in [0.2, 0.25) is 0 Å². The highest BCUT2D eigenvalue weighted by molar-refractivity contribution is 7.13. The molecule has 0 aliphatic carbocycles. The van der Waals surface area contributed by atoms with Crippen LogP contribution >= 0.6 is 11.3 Å². The summed E-state index contributed by atoms with van der Waals surface area (Å²) in [6, 6.07) is 17.0. The van der Waals surface area contributed by atoms with Crippen molar-refractivity contribution in [3.05, 3.63) is 53.9 Å². The van der Waals surface area contributed by atoms with Gasteiger partial charge in [-0.2, -0.15) is 0 Å². The van der Waals surface area contributed by atoms with Crippen LogP contribution in [0.15, 0.2) is 53.9 Å². The average Bonchev–Trinajstić information content (AvgIpc) is 2.91. The zero-order valence-corrected chi connectivity index (χ0v) is 11.9. The summed E-state index contributed by atoms with van der Waals surface area (Å²) in [7, 11) is 0. The van der Waals surface area contributed by atoms with E-state index in [1.165, 1.54) is 21.2 Å². The number of fused-ring (bicyclic) bond motifs is 1. The van der Waals surface area contributed by atoms with Gasteiger partial charge in [-0.05, 0) is 48.2 Å². The van der Waals surface area contributed by atoms with Gasteiger partial charge in [-0.15, -0.1) is 11.3 Å². The van der Waals surface area contributed by atoms with Gasteiger partial charge in [0.25, 0.3) is 0 Å². The van der Waals surface area contributed by atoms with Crippen LogP contribution in [0.2, 0.25) is 0 Å². The molecule has 0 N–H and O–H groups in total. The Bertz CT molecular complexity index is 684. The van der Waals surface area contributed by atoms with Gasteiger partial charge in [0.15, 0.2) is 0 Å². The molecule has 0 saturated carbocycles. The summed E-state index contributed by atoms with van der Waals surface area (Å²) in [5.41, 5.74) is 1.18. The Morgan fingerprint density at radius 3 is 2.32 bits per heavy atom. The Labute approximate surface area is 117 Å². The average molecular weight is 268 g/mol. The Morgan fingerprint density at radius 1 is 0.947 bits per heavy atom. The first-order valence-electron chi connectivity index (χ1n) is 6.47. The van der Waals surface area contributed by atoms with E-state index < -0.39 is 0 Å². The van der Waals surface area contributed by atoms with E-state index in [9.17, 15) is 0 Å². The van der Waals surface area contributed by atoms with Gasteiger partial charge in [0.05, 0.1) is 6.10 Å². The molecule has 1 nitrogen and oxygen atoms in total. The van der Waals surface area contributed by atoms with Crippen LogP contribution < -0.4 is 4.74 Å². The molecule has 96 valence electrons. The smallest absolute Gasteiger partial charge is 0.128 e. The molecule has 2 heteroatoms. The minimum absolute atomic E-state index is 0.180. The molecule has 0 aliphatic heterocycles. The van der Waals surface area contributed by atoms with Gasteiger partial charge in [0.1, 0.15) is 5.75 Å². The third-order valence-electron chi connectivity index (χ3n) is 3.00. The second kappa shape index (κ2) is 5.06. The summed E-state index contributed by atoms with van der Waals surface area (Å²) in [6.07, 6.45) is 0.180. The molecule has 0 saturated heterocycles. The van der Waals surface area contributed by atoms with Crippen molar-refractivity contribution in [2.24, 2.45) is 0 Å². The Balaban J connectivity index is 2.21. The Morgan fingerprint density at radius 2 is 1.68 bits per heavy atom. The molecular weight excluding hydrogens is 252 g/mol. The van der Waals surface area contributed by atoms with Crippen LogP contribution in [0, 0.1) is 0 Å². The molecule has 3 rings (SSSR count). The fraction of sp³-hybridized carbons (Fsp3) is 0.176. The number of rotatable bonds is 3. The predicted octanol–water partition coefficient (Wildman–Crippen LogP) is 5.36. The Kier molecular flexibility index (Phi) is 3.26. The van der Waals surface area contributed by atoms with Gasteiger partial charge in [-0.1, -0.05) is 30.3 Å². The van der Waals surface area contributed by atoms with Crippen molar-refractivity contribution in [1.82, 2.24) is 0 Å². The van der Waals surface area contributed by atoms with Crippen molar-refractivity contribution in [2.45, 2.75) is 20.0 Å². The van der Waals surface area contributed by atoms with E-state index in [1.54, 1.807) is 11.3 Å². The summed E-state index contributed by atoms with van der Waals surface area (Å²) in [5.74, 6) is 0.969. The molecule has 1 heterocycles. The standard InChI is InChI=1S/C17H16OS/c1-12(2)18-16-11-14-7-4-3-6-13(14)10-15(16)17-8-5-9-19-17/h3-12H,1-2H3. The van der Waals surface area contributed by atoms with E-state index in [0.717, 1.165) is 5.75 Å². The molecule has 19 heavy (non-hydrogen) atoms. The van der Waals surface area contributed by atoms with Gasteiger partial charge in [0, 0.05) is 10.4 Å². The zero-order valence-electron chi connectivity index (χ0n) is 11.1. The molecule has 0 amide bonds. The van der Waals surface area contributed by atoms with E-state index in [2.05, 4.69) is 67.8 Å². The predicted molar refractivity (Wildman–Crippen MR) is 83.0 cm³/mol. The highest BCUT2D eigenvalue weighted by Gasteiger charge is 2.10. The summed E-state index contributed by atoms with van der Waals surface area (Å²) < 4.78 is 5.98. The maximum Gasteiger partial charge on any atom is 0.128 e. The molecule has 0 unspecified atom stereocenters. The lowest BCUT2D eigenvalue weighted by atomic mass is 10.0. The first-order valence-corrected chi connectivity index (χ1v) is 7.35. The summed E-state index contributed by atoms with van der Waals surface area (Å²) in [6.45, 7) is 4.13. The first-order chi connectivity index (χ1) is 9.24. The highest BCUT2D eigenvalue weighted by atomic mass is 32.1. The minimum atomic E-state index is 0.180. The molecule has 0 radical (unpaired) electrons. The quantitative estimate of drug-likeness (QED) is 0.621. The van der Waals surface area contributed by atoms with Crippen LogP contribution in [0.25, 0.3) is 21.2 Å². The summed E-state index contributed by atoms with van der Waals surface area (Å²) in [4.78, 5) is 1.25. The fourth-order valence-electron chi connectivity index (χ4n) is 2.20. The summed E-state index contributed by atoms with van der Waals surface area (Å²) in [5, 5.41) is 4.57. The molecule has 0 aliphatic rings. The lowest BCUT2D eigenvalue weighted by molar-refractivity contribution is 0.244. The van der Waals surface area contributed by atoms with Crippen LogP contribution in [0.3, 0.4) is 0 Å². The zero-order chi connectivity index (χ0) is 13.2. The van der Waals surface area contributed by atoms with Crippen molar-refractivity contribution in [2.75, 3.05) is 0 Å². The van der Waals surface area contributed by atoms with Crippen LogP contribution in [0.4, 0.5) is 0 Å². The van der Waals surface area contributed by atoms with Crippen molar-refractivity contribution < 1.29 is 4.74 Å². The van der Waals surface area contributed by atoms with Crippen molar-refractivity contribution >= 4 is 22.1 Å². The molecule has 0 atom stereocenters. The van der Waals surface area contributed by atoms with Crippen LogP contribution in [-0.2, 0) is 0 Å². The first kappa shape index (κ1) is 12.2. The van der Waals surface area contributed by atoms with E-state index >= 15 is 0 Å². The van der Waals surface area contributed by atoms with E-state index in [0.29, 0.717) is 0 Å². The van der Waals surface area contributed by atoms with Crippen molar-refractivity contribution in [1.29, 1.82) is 0 Å². The van der Waals surface area contributed by atoms with Crippen LogP contribution in [-0.4, -0.2) is 6.10 Å². The second-order valence-electron chi connectivity index (χ2n) is 4.84. The second-order valence-corrected chi connectivity index (χ2v) is 5.79. The Hall–Kier alpha value is -1.80. The van der Waals surface area contributed by atoms with E-state index in [4.69, 9.17) is 4.74 Å². The highest BCUT2D eigenvalue weighted by Crippen LogP contribution is 2.37. The maximum atomic E-state index is 5.98. The van der Waals surface area contributed by atoms with Gasteiger partial charge < -0.3 is 4.74 Å². The number of hydrogen-bond donors (Lipinski definition) is 0. The fourth-order valence-corrected chi connectivity index (χ4v) is 2.94. The largest absolute Gasteiger partial charge is 0.490 e. The SMILES string of the molecule is CC(C)Oc1cc2ccccc2cc1-c1cccs1. The molecule has 2 aromatic carbocycles. The number of thiophene rings is 1.